The summed E-state index contributed by atoms with van der Waals surface area (Å²) < 4.78 is 12.2. The van der Waals surface area contributed by atoms with Gasteiger partial charge in [0.15, 0.2) is 7.28 Å². The molecule has 0 aliphatic heterocycles. The fourth-order valence-corrected chi connectivity index (χ4v) is 5.28. The first-order valence-electron chi connectivity index (χ1n) is 3.11. The third kappa shape index (κ3) is 8.48. The van der Waals surface area contributed by atoms with Gasteiger partial charge in [0, 0.05) is 0 Å². The molecule has 0 aromatic rings. The Bertz CT molecular complexity index is 126. The molecule has 0 heterocycles. The van der Waals surface area contributed by atoms with Gasteiger partial charge >= 0.3 is 0 Å². The molecule has 1 atom stereocenters. The molecule has 0 saturated heterocycles. The average molecular weight is 418 g/mol. The van der Waals surface area contributed by atoms with E-state index in [4.69, 9.17) is 0 Å². The van der Waals surface area contributed by atoms with Crippen LogP contribution in [0.4, 0.5) is 3.89 Å². The minimum absolute atomic E-state index is 0.00185. The van der Waals surface area contributed by atoms with Crippen molar-refractivity contribution in [3.8, 4) is 0 Å². The van der Waals surface area contributed by atoms with Gasteiger partial charge in [-0.2, -0.15) is 3.89 Å². The maximum absolute atomic E-state index is 11.9. The SMILES string of the molecule is CC(C)(I)BC(C)(I)SSF. The summed E-state index contributed by atoms with van der Waals surface area (Å²) in [4.78, 5) is 0. The molecule has 6 heteroatoms. The second kappa shape index (κ2) is 5.14. The summed E-state index contributed by atoms with van der Waals surface area (Å²) in [7, 11) is 2.29. The Balaban J connectivity index is 3.91. The molecular weight excluding hydrogens is 408 g/mol. The van der Waals surface area contributed by atoms with Crippen LogP contribution in [0.5, 0.6) is 0 Å². The van der Waals surface area contributed by atoms with Gasteiger partial charge in [-0.25, -0.2) is 0 Å². The van der Waals surface area contributed by atoms with Crippen molar-refractivity contribution in [3.63, 3.8) is 0 Å². The Hall–Kier alpha value is 2.15. The largest absolute Gasteiger partial charge is 0.173 e. The van der Waals surface area contributed by atoms with Crippen molar-refractivity contribution in [2.45, 2.75) is 26.7 Å². The molecule has 0 aromatic carbocycles. The first-order valence-corrected chi connectivity index (χ1v) is 7.32. The van der Waals surface area contributed by atoms with Crippen molar-refractivity contribution < 1.29 is 3.89 Å². The first kappa shape index (κ1) is 13.2. The van der Waals surface area contributed by atoms with Crippen LogP contribution in [0.25, 0.3) is 0 Å². The Kier molecular flexibility index (Phi) is 6.15. The Morgan fingerprint density at radius 1 is 1.27 bits per heavy atom. The predicted molar refractivity (Wildman–Crippen MR) is 74.0 cm³/mol. The standard InChI is InChI=1S/C5H10BFI2S2/c1-4(2,8)6-5(3,9)10-11-7/h6H,1-3H3. The molecule has 0 bridgehead atoms. The lowest BCUT2D eigenvalue weighted by atomic mass is 9.63. The molecular formula is C5H10BFI2S2. The normalized spacial score (nSPS) is 17.6. The quantitative estimate of drug-likeness (QED) is 0.294. The van der Waals surface area contributed by atoms with Gasteiger partial charge in [-0.1, -0.05) is 69.8 Å². The lowest BCUT2D eigenvalue weighted by molar-refractivity contribution is 0.953. The molecule has 66 valence electrons. The van der Waals surface area contributed by atoms with Crippen molar-refractivity contribution in [1.29, 1.82) is 0 Å². The van der Waals surface area contributed by atoms with Gasteiger partial charge < -0.3 is 0 Å². The molecule has 0 radical (unpaired) electrons. The van der Waals surface area contributed by atoms with E-state index in [9.17, 15) is 3.89 Å². The Morgan fingerprint density at radius 3 is 2.00 bits per heavy atom. The fourth-order valence-electron chi connectivity index (χ4n) is 0.846. The number of halogens is 3. The summed E-state index contributed by atoms with van der Waals surface area (Å²) in [5.74, 6) is 0. The molecule has 0 N–H and O–H groups in total. The van der Waals surface area contributed by atoms with Crippen molar-refractivity contribution in [2.24, 2.45) is 0 Å². The number of hydrogen-bond donors (Lipinski definition) is 0. The molecule has 0 aliphatic carbocycles. The second-order valence-electron chi connectivity index (χ2n) is 3.14. The lowest BCUT2D eigenvalue weighted by Gasteiger charge is -2.25. The van der Waals surface area contributed by atoms with E-state index >= 15 is 0 Å². The molecule has 0 fully saturated rings. The summed E-state index contributed by atoms with van der Waals surface area (Å²) in [6.45, 7) is 6.38. The van der Waals surface area contributed by atoms with E-state index < -0.39 is 0 Å². The third-order valence-electron chi connectivity index (χ3n) is 0.941. The van der Waals surface area contributed by atoms with Gasteiger partial charge in [-0.3, -0.25) is 0 Å². The van der Waals surface area contributed by atoms with Crippen LogP contribution in [0.15, 0.2) is 0 Å². The van der Waals surface area contributed by atoms with Crippen molar-refractivity contribution in [3.05, 3.63) is 0 Å². The summed E-state index contributed by atoms with van der Waals surface area (Å²) in [6.07, 6.45) is 0. The maximum Gasteiger partial charge on any atom is 0.173 e. The highest BCUT2D eigenvalue weighted by Crippen LogP contribution is 2.43. The molecule has 0 amide bonds. The lowest BCUT2D eigenvalue weighted by Crippen LogP contribution is -2.33. The minimum Gasteiger partial charge on any atom is -0.153 e. The van der Waals surface area contributed by atoms with Gasteiger partial charge in [-0.05, 0) is 10.2 Å². The number of hydrogen-bond acceptors (Lipinski definition) is 2. The van der Waals surface area contributed by atoms with Gasteiger partial charge in [0.25, 0.3) is 0 Å². The van der Waals surface area contributed by atoms with Crippen LogP contribution in [0.1, 0.15) is 20.8 Å². The molecule has 0 aliphatic rings. The molecule has 0 nitrogen and oxygen atoms in total. The van der Waals surface area contributed by atoms with Crippen LogP contribution in [0.3, 0.4) is 0 Å². The van der Waals surface area contributed by atoms with Gasteiger partial charge in [0.2, 0.25) is 0 Å². The highest BCUT2D eigenvalue weighted by molar-refractivity contribution is 14.1. The predicted octanol–water partition coefficient (Wildman–Crippen LogP) is 3.97. The highest BCUT2D eigenvalue weighted by atomic mass is 127. The summed E-state index contributed by atoms with van der Waals surface area (Å²) in [6, 6.07) is 0. The van der Waals surface area contributed by atoms with Crippen LogP contribution >= 0.6 is 67.2 Å². The van der Waals surface area contributed by atoms with Gasteiger partial charge in [0.1, 0.15) is 11.2 Å². The minimum atomic E-state index is 0.00185. The fraction of sp³-hybridized carbons (Fsp3) is 1.00. The van der Waals surface area contributed by atoms with Crippen molar-refractivity contribution >= 4 is 74.4 Å². The Morgan fingerprint density at radius 2 is 1.73 bits per heavy atom. The monoisotopic (exact) mass is 418 g/mol. The Labute approximate surface area is 104 Å². The van der Waals surface area contributed by atoms with E-state index in [1.165, 1.54) is 10.8 Å². The van der Waals surface area contributed by atoms with Gasteiger partial charge in [-0.15, -0.1) is 0 Å². The van der Waals surface area contributed by atoms with E-state index in [-0.39, 0.29) is 5.97 Å². The molecule has 0 rings (SSSR count). The van der Waals surface area contributed by atoms with Crippen molar-refractivity contribution in [2.75, 3.05) is 0 Å². The second-order valence-corrected chi connectivity index (χ2v) is 11.2. The summed E-state index contributed by atoms with van der Waals surface area (Å²) in [5, 5.41) is 0. The van der Waals surface area contributed by atoms with E-state index in [0.717, 1.165) is 7.28 Å². The summed E-state index contributed by atoms with van der Waals surface area (Å²) in [5.41, 5.74) is 0. The van der Waals surface area contributed by atoms with E-state index in [0.29, 0.717) is 11.2 Å². The number of alkyl halides is 2. The van der Waals surface area contributed by atoms with Crippen LogP contribution in [0.2, 0.25) is 0 Å². The maximum atomic E-state index is 11.9. The van der Waals surface area contributed by atoms with Crippen molar-refractivity contribution in [1.82, 2.24) is 0 Å². The average Bonchev–Trinajstić information content (AvgIpc) is 1.55. The zero-order valence-electron chi connectivity index (χ0n) is 6.66. The number of rotatable bonds is 4. The van der Waals surface area contributed by atoms with Gasteiger partial charge in [0.05, 0.1) is 2.65 Å². The van der Waals surface area contributed by atoms with Crippen LogP contribution in [0, 0.1) is 0 Å². The smallest absolute Gasteiger partial charge is 0.153 e. The van der Waals surface area contributed by atoms with E-state index in [1.54, 1.807) is 0 Å². The third-order valence-corrected chi connectivity index (χ3v) is 5.11. The van der Waals surface area contributed by atoms with Crippen LogP contribution < -0.4 is 0 Å². The molecule has 0 spiro atoms. The topological polar surface area (TPSA) is 0 Å². The molecule has 1 unspecified atom stereocenters. The van der Waals surface area contributed by atoms with Crippen LogP contribution in [-0.4, -0.2) is 13.3 Å². The summed E-state index contributed by atoms with van der Waals surface area (Å²) >= 11 is 5.05. The van der Waals surface area contributed by atoms with E-state index in [2.05, 4.69) is 66.0 Å². The molecule has 11 heavy (non-hydrogen) atoms. The van der Waals surface area contributed by atoms with Crippen LogP contribution in [-0.2, 0) is 0 Å². The molecule has 0 saturated carbocycles. The zero-order valence-corrected chi connectivity index (χ0v) is 12.6. The molecule has 0 aromatic heterocycles. The highest BCUT2D eigenvalue weighted by Gasteiger charge is 2.31. The van der Waals surface area contributed by atoms with E-state index in [1.807, 2.05) is 0 Å². The first-order chi connectivity index (χ1) is 4.77. The zero-order chi connectivity index (χ0) is 9.12.